The SMILES string of the molecule is COC(=O)N[C@@H](c1ccco1)[C@]1(C(C)=O)CCCC1=O. The van der Waals surface area contributed by atoms with E-state index in [0.717, 1.165) is 0 Å². The van der Waals surface area contributed by atoms with Crippen LogP contribution < -0.4 is 5.32 Å². The van der Waals surface area contributed by atoms with Gasteiger partial charge in [0, 0.05) is 6.42 Å². The summed E-state index contributed by atoms with van der Waals surface area (Å²) in [5.74, 6) is -0.0542. The summed E-state index contributed by atoms with van der Waals surface area (Å²) in [4.78, 5) is 36.0. The number of methoxy groups -OCH3 is 1. The van der Waals surface area contributed by atoms with Gasteiger partial charge in [-0.3, -0.25) is 9.59 Å². The van der Waals surface area contributed by atoms with Crippen molar-refractivity contribution in [2.45, 2.75) is 32.2 Å². The first-order valence-electron chi connectivity index (χ1n) is 6.44. The predicted octanol–water partition coefficient (Wildman–Crippen LogP) is 2.01. The van der Waals surface area contributed by atoms with Crippen LogP contribution in [-0.2, 0) is 14.3 Å². The van der Waals surface area contributed by atoms with Gasteiger partial charge in [-0.25, -0.2) is 4.79 Å². The third kappa shape index (κ3) is 2.21. The number of ketones is 2. The molecule has 0 aromatic carbocycles. The number of rotatable bonds is 4. The summed E-state index contributed by atoms with van der Waals surface area (Å²) in [5.41, 5.74) is -1.26. The molecular weight excluding hydrogens is 262 g/mol. The summed E-state index contributed by atoms with van der Waals surface area (Å²) in [5, 5.41) is 2.57. The summed E-state index contributed by atoms with van der Waals surface area (Å²) in [6.45, 7) is 1.37. The normalized spacial score (nSPS) is 23.4. The monoisotopic (exact) mass is 279 g/mol. The topological polar surface area (TPSA) is 85.6 Å². The van der Waals surface area contributed by atoms with Crippen molar-refractivity contribution < 1.29 is 23.5 Å². The Balaban J connectivity index is 2.46. The molecule has 6 nitrogen and oxygen atoms in total. The number of furan rings is 1. The zero-order chi connectivity index (χ0) is 14.8. The molecule has 0 radical (unpaired) electrons. The number of Topliss-reactive ketones (excluding diaryl/α,β-unsaturated/α-hetero) is 2. The number of alkyl carbamates (subject to hydrolysis) is 1. The third-order valence-corrected chi connectivity index (χ3v) is 3.87. The standard InChI is InChI=1S/C14H17NO5/c1-9(16)14(7-3-6-11(14)17)12(15-13(18)19-2)10-5-4-8-20-10/h4-5,8,12H,3,6-7H2,1-2H3,(H,15,18)/t12-,14-/m0/s1. The molecule has 6 heteroatoms. The molecule has 108 valence electrons. The van der Waals surface area contributed by atoms with Crippen LogP contribution in [0.2, 0.25) is 0 Å². The molecular formula is C14H17NO5. The van der Waals surface area contributed by atoms with Gasteiger partial charge in [-0.15, -0.1) is 0 Å². The van der Waals surface area contributed by atoms with E-state index in [4.69, 9.17) is 4.42 Å². The number of carbonyl (C=O) groups excluding carboxylic acids is 3. The fourth-order valence-electron chi connectivity index (χ4n) is 2.84. The van der Waals surface area contributed by atoms with Crippen molar-refractivity contribution in [1.29, 1.82) is 0 Å². The van der Waals surface area contributed by atoms with E-state index in [1.165, 1.54) is 20.3 Å². The molecule has 1 amide bonds. The highest BCUT2D eigenvalue weighted by atomic mass is 16.5. The summed E-state index contributed by atoms with van der Waals surface area (Å²) in [6.07, 6.45) is 2.09. The maximum atomic E-state index is 12.3. The highest BCUT2D eigenvalue weighted by Crippen LogP contribution is 2.46. The second-order valence-corrected chi connectivity index (χ2v) is 4.89. The van der Waals surface area contributed by atoms with Crippen LogP contribution in [-0.4, -0.2) is 24.8 Å². The van der Waals surface area contributed by atoms with Crippen LogP contribution in [0.3, 0.4) is 0 Å². The Morgan fingerprint density at radius 1 is 1.50 bits per heavy atom. The van der Waals surface area contributed by atoms with E-state index in [-0.39, 0.29) is 11.6 Å². The smallest absolute Gasteiger partial charge is 0.407 e. The van der Waals surface area contributed by atoms with Gasteiger partial charge in [0.2, 0.25) is 0 Å². The molecule has 0 saturated heterocycles. The van der Waals surface area contributed by atoms with Crippen LogP contribution in [0.4, 0.5) is 4.79 Å². The molecule has 1 saturated carbocycles. The van der Waals surface area contributed by atoms with Gasteiger partial charge in [-0.1, -0.05) is 0 Å². The van der Waals surface area contributed by atoms with Gasteiger partial charge in [0.1, 0.15) is 28.8 Å². The van der Waals surface area contributed by atoms with Crippen molar-refractivity contribution in [1.82, 2.24) is 5.32 Å². The van der Waals surface area contributed by atoms with Gasteiger partial charge < -0.3 is 14.5 Å². The van der Waals surface area contributed by atoms with Crippen LogP contribution >= 0.6 is 0 Å². The van der Waals surface area contributed by atoms with Crippen LogP contribution in [0.25, 0.3) is 0 Å². The first-order chi connectivity index (χ1) is 9.52. The van der Waals surface area contributed by atoms with Crippen molar-refractivity contribution in [2.75, 3.05) is 7.11 Å². The van der Waals surface area contributed by atoms with Gasteiger partial charge in [-0.05, 0) is 31.9 Å². The van der Waals surface area contributed by atoms with E-state index in [9.17, 15) is 14.4 Å². The molecule has 1 aliphatic rings. The number of carbonyl (C=O) groups is 3. The van der Waals surface area contributed by atoms with Crippen LogP contribution in [0.1, 0.15) is 38.0 Å². The number of hydrogen-bond acceptors (Lipinski definition) is 5. The summed E-state index contributed by atoms with van der Waals surface area (Å²) < 4.78 is 9.89. The number of nitrogens with one attached hydrogen (secondary N) is 1. The number of ether oxygens (including phenoxy) is 1. The van der Waals surface area contributed by atoms with E-state index < -0.39 is 17.6 Å². The van der Waals surface area contributed by atoms with Crippen LogP contribution in [0, 0.1) is 5.41 Å². The lowest BCUT2D eigenvalue weighted by atomic mass is 9.73. The number of hydrogen-bond donors (Lipinski definition) is 1. The Morgan fingerprint density at radius 2 is 2.25 bits per heavy atom. The maximum Gasteiger partial charge on any atom is 0.407 e. The average Bonchev–Trinajstić information content (AvgIpc) is 3.05. The maximum absolute atomic E-state index is 12.3. The molecule has 1 aromatic heterocycles. The van der Waals surface area contributed by atoms with Crippen molar-refractivity contribution in [3.05, 3.63) is 24.2 Å². The van der Waals surface area contributed by atoms with E-state index >= 15 is 0 Å². The zero-order valence-electron chi connectivity index (χ0n) is 11.5. The van der Waals surface area contributed by atoms with Crippen molar-refractivity contribution in [3.63, 3.8) is 0 Å². The average molecular weight is 279 g/mol. The highest BCUT2D eigenvalue weighted by molar-refractivity contribution is 6.08. The fraction of sp³-hybridized carbons (Fsp3) is 0.500. The Labute approximate surface area is 116 Å². The second kappa shape index (κ2) is 5.48. The molecule has 0 aliphatic heterocycles. The zero-order valence-corrected chi connectivity index (χ0v) is 11.5. The first kappa shape index (κ1) is 14.3. The summed E-state index contributed by atoms with van der Waals surface area (Å²) >= 11 is 0. The minimum Gasteiger partial charge on any atom is -0.467 e. The highest BCUT2D eigenvalue weighted by Gasteiger charge is 2.54. The Bertz CT molecular complexity index is 522. The molecule has 0 unspecified atom stereocenters. The predicted molar refractivity (Wildman–Crippen MR) is 69.0 cm³/mol. The van der Waals surface area contributed by atoms with Crippen molar-refractivity contribution >= 4 is 17.7 Å². The molecule has 1 aliphatic carbocycles. The summed E-state index contributed by atoms with van der Waals surface area (Å²) in [6, 6.07) is 2.45. The lowest BCUT2D eigenvalue weighted by molar-refractivity contribution is -0.139. The van der Waals surface area contributed by atoms with Gasteiger partial charge >= 0.3 is 6.09 Å². The third-order valence-electron chi connectivity index (χ3n) is 3.87. The molecule has 0 bridgehead atoms. The van der Waals surface area contributed by atoms with Crippen LogP contribution in [0.15, 0.2) is 22.8 Å². The lowest BCUT2D eigenvalue weighted by Crippen LogP contribution is -2.47. The Hall–Kier alpha value is -2.11. The number of amides is 1. The molecule has 20 heavy (non-hydrogen) atoms. The molecule has 2 rings (SSSR count). The molecule has 1 fully saturated rings. The van der Waals surface area contributed by atoms with Gasteiger partial charge in [-0.2, -0.15) is 0 Å². The van der Waals surface area contributed by atoms with Gasteiger partial charge in [0.25, 0.3) is 0 Å². The largest absolute Gasteiger partial charge is 0.467 e. The molecule has 0 spiro atoms. The minimum absolute atomic E-state index is 0.164. The summed E-state index contributed by atoms with van der Waals surface area (Å²) in [7, 11) is 1.23. The lowest BCUT2D eigenvalue weighted by Gasteiger charge is -2.32. The first-order valence-corrected chi connectivity index (χ1v) is 6.44. The fourth-order valence-corrected chi connectivity index (χ4v) is 2.84. The Morgan fingerprint density at radius 3 is 2.70 bits per heavy atom. The quantitative estimate of drug-likeness (QED) is 0.852. The second-order valence-electron chi connectivity index (χ2n) is 4.89. The van der Waals surface area contributed by atoms with E-state index in [1.807, 2.05) is 0 Å². The van der Waals surface area contributed by atoms with E-state index in [1.54, 1.807) is 12.1 Å². The van der Waals surface area contributed by atoms with E-state index in [0.29, 0.717) is 25.0 Å². The van der Waals surface area contributed by atoms with E-state index in [2.05, 4.69) is 10.1 Å². The molecule has 2 atom stereocenters. The molecule has 1 aromatic rings. The molecule has 1 N–H and O–H groups in total. The van der Waals surface area contributed by atoms with Gasteiger partial charge in [0.15, 0.2) is 0 Å². The van der Waals surface area contributed by atoms with Crippen molar-refractivity contribution in [3.8, 4) is 0 Å². The van der Waals surface area contributed by atoms with Crippen LogP contribution in [0.5, 0.6) is 0 Å². The van der Waals surface area contributed by atoms with Gasteiger partial charge in [0.05, 0.1) is 13.4 Å². The van der Waals surface area contributed by atoms with Crippen molar-refractivity contribution in [2.24, 2.45) is 5.41 Å². The minimum atomic E-state index is -1.26. The Kier molecular flexibility index (Phi) is 3.92. The molecule has 1 heterocycles.